The Morgan fingerprint density at radius 3 is 2.93 bits per heavy atom. The van der Waals surface area contributed by atoms with Crippen molar-refractivity contribution in [2.45, 2.75) is 38.6 Å². The fourth-order valence-corrected chi connectivity index (χ4v) is 1.96. The lowest BCUT2D eigenvalue weighted by Gasteiger charge is -2.27. The monoisotopic (exact) mass is 200 g/mol. The summed E-state index contributed by atoms with van der Waals surface area (Å²) in [6.07, 6.45) is 3.45. The molecule has 1 rings (SSSR count). The number of rotatable bonds is 4. The zero-order valence-corrected chi connectivity index (χ0v) is 8.75. The quantitative estimate of drug-likeness (QED) is 0.559. The maximum absolute atomic E-state index is 11.8. The minimum atomic E-state index is -0.393. The van der Waals surface area contributed by atoms with Crippen LogP contribution in [-0.4, -0.2) is 30.2 Å². The number of nitrogens with one attached hydrogen (secondary N) is 1. The molecule has 0 aliphatic heterocycles. The highest BCUT2D eigenvalue weighted by Crippen LogP contribution is 2.36. The molecular weight excluding hydrogens is 180 g/mol. The van der Waals surface area contributed by atoms with Crippen LogP contribution in [0.5, 0.6) is 0 Å². The molecule has 1 amide bonds. The second-order valence-electron chi connectivity index (χ2n) is 4.25. The summed E-state index contributed by atoms with van der Waals surface area (Å²) in [6, 6.07) is -0.0170. The van der Waals surface area contributed by atoms with Gasteiger partial charge in [0.25, 0.3) is 0 Å². The number of carbonyl (C=O) groups is 1. The Kier molecular flexibility index (Phi) is 3.89. The molecule has 14 heavy (non-hydrogen) atoms. The standard InChI is InChI=1S/C10H20N2O2/c1-10(5-2-4-8(10)11)9(14)12-6-3-7-13/h8,13H,2-7,11H2,1H3,(H,12,14). The van der Waals surface area contributed by atoms with Crippen molar-refractivity contribution >= 4 is 5.91 Å². The van der Waals surface area contributed by atoms with E-state index in [1.807, 2.05) is 6.92 Å². The van der Waals surface area contributed by atoms with Crippen molar-refractivity contribution in [3.05, 3.63) is 0 Å². The van der Waals surface area contributed by atoms with Gasteiger partial charge >= 0.3 is 0 Å². The van der Waals surface area contributed by atoms with Crippen LogP contribution in [0.3, 0.4) is 0 Å². The van der Waals surface area contributed by atoms with Crippen LogP contribution >= 0.6 is 0 Å². The van der Waals surface area contributed by atoms with Crippen molar-refractivity contribution in [1.82, 2.24) is 5.32 Å². The van der Waals surface area contributed by atoms with Gasteiger partial charge in [0.2, 0.25) is 5.91 Å². The van der Waals surface area contributed by atoms with E-state index in [0.29, 0.717) is 13.0 Å². The van der Waals surface area contributed by atoms with Crippen LogP contribution in [0.1, 0.15) is 32.6 Å². The number of hydrogen-bond donors (Lipinski definition) is 3. The van der Waals surface area contributed by atoms with Crippen LogP contribution in [0.15, 0.2) is 0 Å². The second-order valence-corrected chi connectivity index (χ2v) is 4.25. The summed E-state index contributed by atoms with van der Waals surface area (Å²) in [5, 5.41) is 11.4. The molecule has 4 nitrogen and oxygen atoms in total. The van der Waals surface area contributed by atoms with Gasteiger partial charge in [0, 0.05) is 19.2 Å². The summed E-state index contributed by atoms with van der Waals surface area (Å²) in [5.74, 6) is 0.0379. The van der Waals surface area contributed by atoms with E-state index < -0.39 is 5.41 Å². The van der Waals surface area contributed by atoms with E-state index in [9.17, 15) is 4.79 Å². The molecule has 0 aromatic carbocycles. The Balaban J connectivity index is 2.42. The summed E-state index contributed by atoms with van der Waals surface area (Å²) < 4.78 is 0. The normalized spacial score (nSPS) is 31.8. The van der Waals surface area contributed by atoms with Crippen LogP contribution in [0.2, 0.25) is 0 Å². The van der Waals surface area contributed by atoms with E-state index in [4.69, 9.17) is 10.8 Å². The summed E-state index contributed by atoms with van der Waals surface area (Å²) in [6.45, 7) is 2.58. The van der Waals surface area contributed by atoms with E-state index in [0.717, 1.165) is 19.3 Å². The average molecular weight is 200 g/mol. The van der Waals surface area contributed by atoms with E-state index in [-0.39, 0.29) is 18.6 Å². The van der Waals surface area contributed by atoms with Crippen molar-refractivity contribution in [2.75, 3.05) is 13.2 Å². The van der Waals surface area contributed by atoms with Crippen LogP contribution in [-0.2, 0) is 4.79 Å². The molecule has 1 aliphatic carbocycles. The minimum absolute atomic E-state index is 0.0170. The maximum atomic E-state index is 11.8. The SMILES string of the molecule is CC1(C(=O)NCCCO)CCCC1N. The number of aliphatic hydroxyl groups is 1. The largest absolute Gasteiger partial charge is 0.396 e. The van der Waals surface area contributed by atoms with Gasteiger partial charge in [0.05, 0.1) is 5.41 Å². The van der Waals surface area contributed by atoms with Crippen LogP contribution in [0.4, 0.5) is 0 Å². The summed E-state index contributed by atoms with van der Waals surface area (Å²) in [4.78, 5) is 11.8. The molecule has 0 heterocycles. The molecule has 1 fully saturated rings. The average Bonchev–Trinajstić information content (AvgIpc) is 2.49. The van der Waals surface area contributed by atoms with Crippen LogP contribution in [0.25, 0.3) is 0 Å². The zero-order chi connectivity index (χ0) is 10.6. The van der Waals surface area contributed by atoms with E-state index >= 15 is 0 Å². The molecule has 2 atom stereocenters. The minimum Gasteiger partial charge on any atom is -0.396 e. The van der Waals surface area contributed by atoms with Gasteiger partial charge in [-0.25, -0.2) is 0 Å². The number of aliphatic hydroxyl groups excluding tert-OH is 1. The molecule has 1 saturated carbocycles. The van der Waals surface area contributed by atoms with Gasteiger partial charge in [0.15, 0.2) is 0 Å². The van der Waals surface area contributed by atoms with E-state index in [1.54, 1.807) is 0 Å². The molecule has 1 aliphatic rings. The predicted molar refractivity (Wildman–Crippen MR) is 54.6 cm³/mol. The van der Waals surface area contributed by atoms with Crippen molar-refractivity contribution < 1.29 is 9.90 Å². The molecule has 0 radical (unpaired) electrons. The van der Waals surface area contributed by atoms with Crippen molar-refractivity contribution in [3.8, 4) is 0 Å². The van der Waals surface area contributed by atoms with Crippen LogP contribution in [0, 0.1) is 5.41 Å². The van der Waals surface area contributed by atoms with Crippen molar-refractivity contribution in [2.24, 2.45) is 11.1 Å². The first-order valence-electron chi connectivity index (χ1n) is 5.26. The number of amides is 1. The van der Waals surface area contributed by atoms with E-state index in [2.05, 4.69) is 5.32 Å². The van der Waals surface area contributed by atoms with Crippen molar-refractivity contribution in [3.63, 3.8) is 0 Å². The molecule has 82 valence electrons. The summed E-state index contributed by atoms with van der Waals surface area (Å²) in [5.41, 5.74) is 5.51. The van der Waals surface area contributed by atoms with Gasteiger partial charge in [0.1, 0.15) is 0 Å². The summed E-state index contributed by atoms with van der Waals surface area (Å²) in [7, 11) is 0. The highest BCUT2D eigenvalue weighted by molar-refractivity contribution is 5.83. The molecule has 0 aromatic heterocycles. The maximum Gasteiger partial charge on any atom is 0.227 e. The fourth-order valence-electron chi connectivity index (χ4n) is 1.96. The molecule has 4 heteroatoms. The van der Waals surface area contributed by atoms with Gasteiger partial charge in [-0.05, 0) is 26.2 Å². The van der Waals surface area contributed by atoms with Crippen LogP contribution < -0.4 is 11.1 Å². The highest BCUT2D eigenvalue weighted by atomic mass is 16.3. The van der Waals surface area contributed by atoms with Gasteiger partial charge in [-0.2, -0.15) is 0 Å². The van der Waals surface area contributed by atoms with E-state index in [1.165, 1.54) is 0 Å². The third-order valence-corrected chi connectivity index (χ3v) is 3.17. The Labute approximate surface area is 84.9 Å². The van der Waals surface area contributed by atoms with Gasteiger partial charge in [-0.15, -0.1) is 0 Å². The molecule has 0 aromatic rings. The third kappa shape index (κ3) is 2.25. The van der Waals surface area contributed by atoms with Gasteiger partial charge in [-0.3, -0.25) is 4.79 Å². The molecule has 2 unspecified atom stereocenters. The number of carbonyl (C=O) groups excluding carboxylic acids is 1. The lowest BCUT2D eigenvalue weighted by atomic mass is 9.84. The smallest absolute Gasteiger partial charge is 0.227 e. The van der Waals surface area contributed by atoms with Gasteiger partial charge < -0.3 is 16.2 Å². The van der Waals surface area contributed by atoms with Crippen molar-refractivity contribution in [1.29, 1.82) is 0 Å². The predicted octanol–water partition coefficient (Wildman–Crippen LogP) is 0.00250. The lowest BCUT2D eigenvalue weighted by Crippen LogP contribution is -2.47. The molecule has 0 saturated heterocycles. The first-order valence-corrected chi connectivity index (χ1v) is 5.26. The fraction of sp³-hybridized carbons (Fsp3) is 0.900. The number of hydrogen-bond acceptors (Lipinski definition) is 3. The Morgan fingerprint density at radius 1 is 1.71 bits per heavy atom. The lowest BCUT2D eigenvalue weighted by molar-refractivity contribution is -0.130. The van der Waals surface area contributed by atoms with Gasteiger partial charge in [-0.1, -0.05) is 6.42 Å². The topological polar surface area (TPSA) is 75.3 Å². The zero-order valence-electron chi connectivity index (χ0n) is 8.75. The molecule has 0 bridgehead atoms. The summed E-state index contributed by atoms with van der Waals surface area (Å²) >= 11 is 0. The first-order chi connectivity index (χ1) is 6.61. The Bertz CT molecular complexity index is 208. The molecular formula is C10H20N2O2. The highest BCUT2D eigenvalue weighted by Gasteiger charge is 2.42. The Hall–Kier alpha value is -0.610. The second kappa shape index (κ2) is 4.75. The number of nitrogens with two attached hydrogens (primary N) is 1. The Morgan fingerprint density at radius 2 is 2.43 bits per heavy atom. The third-order valence-electron chi connectivity index (χ3n) is 3.17. The molecule has 0 spiro atoms. The molecule has 4 N–H and O–H groups in total. The first kappa shape index (κ1) is 11.5.